The number of phenols is 2. The van der Waals surface area contributed by atoms with E-state index in [1.54, 1.807) is 0 Å². The molecule has 0 amide bonds. The third-order valence-corrected chi connectivity index (χ3v) is 4.22. The van der Waals surface area contributed by atoms with Gasteiger partial charge in [-0.3, -0.25) is 0 Å². The van der Waals surface area contributed by atoms with E-state index >= 15 is 0 Å². The van der Waals surface area contributed by atoms with Crippen LogP contribution in [0.3, 0.4) is 0 Å². The van der Waals surface area contributed by atoms with Crippen molar-refractivity contribution in [3.8, 4) is 22.6 Å². The van der Waals surface area contributed by atoms with Gasteiger partial charge in [0.15, 0.2) is 11.5 Å². The monoisotopic (exact) mass is 328 g/mol. The summed E-state index contributed by atoms with van der Waals surface area (Å²) in [7, 11) is 0. The quantitative estimate of drug-likeness (QED) is 0.640. The molecule has 128 valence electrons. The van der Waals surface area contributed by atoms with Gasteiger partial charge in [0.05, 0.1) is 0 Å². The first-order chi connectivity index (χ1) is 11.5. The summed E-state index contributed by atoms with van der Waals surface area (Å²) < 4.78 is 0. The molecule has 2 rings (SSSR count). The maximum atomic E-state index is 11.8. The van der Waals surface area contributed by atoms with Crippen molar-refractivity contribution in [2.24, 2.45) is 0 Å². The standard InChI is InChI=1S/C20H24O4/c1-3-5-12-15-14(9-4-2)16(13-10-7-6-8-11-13)17(20(23)24)19(22)18(15)21/h6-8,10-11,21-22H,3-5,9,12H2,1-2H3,(H,23,24). The van der Waals surface area contributed by atoms with E-state index in [1.807, 2.05) is 37.3 Å². The Kier molecular flexibility index (Phi) is 5.85. The minimum Gasteiger partial charge on any atom is -0.504 e. The number of unbranched alkanes of at least 4 members (excludes halogenated alkanes) is 1. The van der Waals surface area contributed by atoms with Crippen LogP contribution in [0, 0.1) is 0 Å². The molecule has 0 aliphatic rings. The number of hydrogen-bond donors (Lipinski definition) is 3. The molecule has 2 aromatic carbocycles. The first kappa shape index (κ1) is 17.9. The number of hydrogen-bond acceptors (Lipinski definition) is 3. The van der Waals surface area contributed by atoms with Crippen molar-refractivity contribution in [1.82, 2.24) is 0 Å². The van der Waals surface area contributed by atoms with Crippen LogP contribution < -0.4 is 0 Å². The van der Waals surface area contributed by atoms with Gasteiger partial charge in [-0.15, -0.1) is 0 Å². The van der Waals surface area contributed by atoms with Crippen LogP contribution >= 0.6 is 0 Å². The van der Waals surface area contributed by atoms with Crippen LogP contribution in [-0.4, -0.2) is 21.3 Å². The molecule has 0 aliphatic carbocycles. The van der Waals surface area contributed by atoms with E-state index in [1.165, 1.54) is 0 Å². The molecule has 4 nitrogen and oxygen atoms in total. The van der Waals surface area contributed by atoms with E-state index in [0.29, 0.717) is 24.0 Å². The highest BCUT2D eigenvalue weighted by Gasteiger charge is 2.27. The van der Waals surface area contributed by atoms with E-state index in [9.17, 15) is 20.1 Å². The summed E-state index contributed by atoms with van der Waals surface area (Å²) in [6.45, 7) is 4.07. The molecule has 0 aromatic heterocycles. The molecule has 0 aliphatic heterocycles. The van der Waals surface area contributed by atoms with Gasteiger partial charge in [-0.1, -0.05) is 57.0 Å². The van der Waals surface area contributed by atoms with Gasteiger partial charge in [0, 0.05) is 11.1 Å². The third-order valence-electron chi connectivity index (χ3n) is 4.22. The molecule has 24 heavy (non-hydrogen) atoms. The molecule has 2 aromatic rings. The second-order valence-electron chi connectivity index (χ2n) is 5.93. The van der Waals surface area contributed by atoms with Crippen molar-refractivity contribution in [3.05, 3.63) is 47.0 Å². The summed E-state index contributed by atoms with van der Waals surface area (Å²) in [4.78, 5) is 11.8. The Balaban J connectivity index is 2.85. The number of carboxylic acid groups (broad SMARTS) is 1. The molecule has 0 saturated carbocycles. The molecule has 4 heteroatoms. The summed E-state index contributed by atoms with van der Waals surface area (Å²) in [5.41, 5.74) is 2.53. The van der Waals surface area contributed by atoms with Crippen molar-refractivity contribution in [1.29, 1.82) is 0 Å². The Hall–Kier alpha value is -2.49. The van der Waals surface area contributed by atoms with Crippen molar-refractivity contribution in [2.45, 2.75) is 46.0 Å². The average Bonchev–Trinajstić information content (AvgIpc) is 2.58. The zero-order valence-electron chi connectivity index (χ0n) is 14.2. The van der Waals surface area contributed by atoms with E-state index in [4.69, 9.17) is 0 Å². The number of carbonyl (C=O) groups is 1. The summed E-state index contributed by atoms with van der Waals surface area (Å²) in [5, 5.41) is 30.4. The van der Waals surface area contributed by atoms with Crippen molar-refractivity contribution in [3.63, 3.8) is 0 Å². The molecular weight excluding hydrogens is 304 g/mol. The van der Waals surface area contributed by atoms with Gasteiger partial charge in [0.2, 0.25) is 0 Å². The predicted octanol–water partition coefficient (Wildman–Crippen LogP) is 4.76. The van der Waals surface area contributed by atoms with Crippen LogP contribution in [0.2, 0.25) is 0 Å². The van der Waals surface area contributed by atoms with Gasteiger partial charge in [-0.05, 0) is 30.4 Å². The zero-order valence-corrected chi connectivity index (χ0v) is 14.2. The maximum absolute atomic E-state index is 11.8. The molecule has 0 heterocycles. The Morgan fingerprint density at radius 2 is 1.58 bits per heavy atom. The van der Waals surface area contributed by atoms with Gasteiger partial charge in [0.1, 0.15) is 5.56 Å². The van der Waals surface area contributed by atoms with Gasteiger partial charge in [-0.25, -0.2) is 4.79 Å². The predicted molar refractivity (Wildman–Crippen MR) is 94.8 cm³/mol. The maximum Gasteiger partial charge on any atom is 0.340 e. The SMILES string of the molecule is CCCCc1c(O)c(O)c(C(=O)O)c(-c2ccccc2)c1CCC. The molecule has 0 spiro atoms. The normalized spacial score (nSPS) is 10.8. The molecule has 0 bridgehead atoms. The van der Waals surface area contributed by atoms with Crippen LogP contribution in [-0.2, 0) is 12.8 Å². The number of carboxylic acids is 1. The van der Waals surface area contributed by atoms with E-state index < -0.39 is 11.7 Å². The third kappa shape index (κ3) is 3.37. The number of phenolic OH excluding ortho intramolecular Hbond substituents is 1. The molecule has 0 radical (unpaired) electrons. The second kappa shape index (κ2) is 7.86. The molecular formula is C20H24O4. The van der Waals surface area contributed by atoms with Crippen LogP contribution in [0.25, 0.3) is 11.1 Å². The van der Waals surface area contributed by atoms with Crippen LogP contribution in [0.4, 0.5) is 0 Å². The van der Waals surface area contributed by atoms with Gasteiger partial charge in [0.25, 0.3) is 0 Å². The van der Waals surface area contributed by atoms with E-state index in [0.717, 1.165) is 30.4 Å². The minimum absolute atomic E-state index is 0.220. The van der Waals surface area contributed by atoms with E-state index in [2.05, 4.69) is 6.92 Å². The summed E-state index contributed by atoms with van der Waals surface area (Å²) in [5.74, 6) is -2.06. The van der Waals surface area contributed by atoms with Crippen LogP contribution in [0.5, 0.6) is 11.5 Å². The molecule has 0 saturated heterocycles. The van der Waals surface area contributed by atoms with Crippen molar-refractivity contribution >= 4 is 5.97 Å². The second-order valence-corrected chi connectivity index (χ2v) is 5.93. The fraction of sp³-hybridized carbons (Fsp3) is 0.350. The lowest BCUT2D eigenvalue weighted by molar-refractivity contribution is 0.0693. The Morgan fingerprint density at radius 3 is 2.12 bits per heavy atom. The van der Waals surface area contributed by atoms with Crippen molar-refractivity contribution < 1.29 is 20.1 Å². The largest absolute Gasteiger partial charge is 0.504 e. The molecule has 0 atom stereocenters. The highest BCUT2D eigenvalue weighted by Crippen LogP contribution is 2.44. The number of aromatic hydroxyl groups is 2. The number of aromatic carboxylic acids is 1. The topological polar surface area (TPSA) is 77.8 Å². The molecule has 0 unspecified atom stereocenters. The molecule has 3 N–H and O–H groups in total. The Bertz CT molecular complexity index is 720. The highest BCUT2D eigenvalue weighted by atomic mass is 16.4. The summed E-state index contributed by atoms with van der Waals surface area (Å²) in [6, 6.07) is 9.21. The lowest BCUT2D eigenvalue weighted by Crippen LogP contribution is -2.08. The first-order valence-corrected chi connectivity index (χ1v) is 8.41. The Labute approximate surface area is 142 Å². The minimum atomic E-state index is -1.24. The lowest BCUT2D eigenvalue weighted by Gasteiger charge is -2.20. The van der Waals surface area contributed by atoms with Crippen LogP contribution in [0.15, 0.2) is 30.3 Å². The fourth-order valence-electron chi connectivity index (χ4n) is 3.10. The molecule has 0 fully saturated rings. The highest BCUT2D eigenvalue weighted by molar-refractivity contribution is 6.01. The number of benzene rings is 2. The van der Waals surface area contributed by atoms with Gasteiger partial charge < -0.3 is 15.3 Å². The Morgan fingerprint density at radius 1 is 0.917 bits per heavy atom. The zero-order chi connectivity index (χ0) is 17.7. The fourth-order valence-corrected chi connectivity index (χ4v) is 3.10. The van der Waals surface area contributed by atoms with Gasteiger partial charge in [-0.2, -0.15) is 0 Å². The summed E-state index contributed by atoms with van der Waals surface area (Å²) >= 11 is 0. The first-order valence-electron chi connectivity index (χ1n) is 8.41. The average molecular weight is 328 g/mol. The van der Waals surface area contributed by atoms with Crippen molar-refractivity contribution in [2.75, 3.05) is 0 Å². The van der Waals surface area contributed by atoms with Gasteiger partial charge >= 0.3 is 5.97 Å². The van der Waals surface area contributed by atoms with E-state index in [-0.39, 0.29) is 11.3 Å². The smallest absolute Gasteiger partial charge is 0.340 e. The van der Waals surface area contributed by atoms with Crippen LogP contribution in [0.1, 0.15) is 54.6 Å². The summed E-state index contributed by atoms with van der Waals surface area (Å²) in [6.07, 6.45) is 3.90. The lowest BCUT2D eigenvalue weighted by atomic mass is 9.85. The number of rotatable bonds is 7.